The van der Waals surface area contributed by atoms with E-state index in [0.29, 0.717) is 5.92 Å². The lowest BCUT2D eigenvalue weighted by molar-refractivity contribution is 0.142. The third kappa shape index (κ3) is 3.96. The van der Waals surface area contributed by atoms with Gasteiger partial charge in [-0.3, -0.25) is 0 Å². The van der Waals surface area contributed by atoms with E-state index in [4.69, 9.17) is 4.74 Å². The molecular weight excluding hydrogens is 280 g/mol. The first-order chi connectivity index (χ1) is 11.3. The highest BCUT2D eigenvalue weighted by Gasteiger charge is 2.33. The maximum Gasteiger partial charge on any atom is 0.127 e. The number of hydrogen-bond donors (Lipinski definition) is 0. The Balaban J connectivity index is 1.74. The molecule has 2 aromatic carbocycles. The van der Waals surface area contributed by atoms with Gasteiger partial charge in [0.2, 0.25) is 0 Å². The number of unbranched alkanes of at least 4 members (excludes halogenated alkanes) is 3. The fraction of sp³-hybridized carbons (Fsp3) is 0.455. The van der Waals surface area contributed by atoms with E-state index in [1.807, 2.05) is 0 Å². The summed E-state index contributed by atoms with van der Waals surface area (Å²) >= 11 is 0. The van der Waals surface area contributed by atoms with Gasteiger partial charge in [0, 0.05) is 5.92 Å². The molecule has 0 unspecified atom stereocenters. The van der Waals surface area contributed by atoms with Crippen LogP contribution >= 0.6 is 0 Å². The lowest BCUT2D eigenvalue weighted by atomic mass is 9.95. The average Bonchev–Trinajstić information content (AvgIpc) is 2.90. The third-order valence-electron chi connectivity index (χ3n) is 4.95. The number of ether oxygens (including phenoxy) is 1. The first kappa shape index (κ1) is 16.1. The zero-order chi connectivity index (χ0) is 16.1. The zero-order valence-electron chi connectivity index (χ0n) is 14.4. The second-order valence-electron chi connectivity index (χ2n) is 6.87. The van der Waals surface area contributed by atoms with Gasteiger partial charge in [0.05, 0.1) is 0 Å². The molecule has 3 rings (SSSR count). The fourth-order valence-corrected chi connectivity index (χ4v) is 3.72. The summed E-state index contributed by atoms with van der Waals surface area (Å²) in [6.45, 7) is 4.40. The molecular formula is C22H28O. The van der Waals surface area contributed by atoms with Gasteiger partial charge in [-0.2, -0.15) is 0 Å². The van der Waals surface area contributed by atoms with E-state index >= 15 is 0 Å². The van der Waals surface area contributed by atoms with Crippen LogP contribution in [-0.4, -0.2) is 0 Å². The standard InChI is InChI=1S/C22H28O/c1-3-4-5-6-12-19-16-18-11-7-8-14-21(18)22(19)23-20-13-9-10-17(2)15-20/h7-11,13-15,19,22H,3-6,12,16H2,1-2H3/t19-,22+/m0/s1. The van der Waals surface area contributed by atoms with Crippen LogP contribution in [0.4, 0.5) is 0 Å². The molecule has 0 bridgehead atoms. The van der Waals surface area contributed by atoms with Crippen molar-refractivity contribution in [2.24, 2.45) is 5.92 Å². The highest BCUT2D eigenvalue weighted by atomic mass is 16.5. The van der Waals surface area contributed by atoms with Crippen LogP contribution in [0.2, 0.25) is 0 Å². The summed E-state index contributed by atoms with van der Waals surface area (Å²) in [5.41, 5.74) is 4.13. The Labute approximate surface area is 140 Å². The second-order valence-corrected chi connectivity index (χ2v) is 6.87. The van der Waals surface area contributed by atoms with Crippen molar-refractivity contribution in [3.05, 3.63) is 65.2 Å². The Bertz CT molecular complexity index is 631. The Hall–Kier alpha value is -1.76. The smallest absolute Gasteiger partial charge is 0.127 e. The van der Waals surface area contributed by atoms with E-state index in [1.54, 1.807) is 0 Å². The van der Waals surface area contributed by atoms with Gasteiger partial charge in [-0.25, -0.2) is 0 Å². The highest BCUT2D eigenvalue weighted by molar-refractivity contribution is 5.36. The Morgan fingerprint density at radius 1 is 1.00 bits per heavy atom. The van der Waals surface area contributed by atoms with Crippen molar-refractivity contribution in [3.63, 3.8) is 0 Å². The third-order valence-corrected chi connectivity index (χ3v) is 4.95. The van der Waals surface area contributed by atoms with Crippen LogP contribution in [0.25, 0.3) is 0 Å². The molecule has 0 amide bonds. The van der Waals surface area contributed by atoms with Crippen LogP contribution in [0.1, 0.15) is 61.8 Å². The molecule has 2 atom stereocenters. The summed E-state index contributed by atoms with van der Waals surface area (Å²) in [6, 6.07) is 17.3. The average molecular weight is 308 g/mol. The number of hydrogen-bond acceptors (Lipinski definition) is 1. The van der Waals surface area contributed by atoms with Gasteiger partial charge in [-0.15, -0.1) is 0 Å². The Morgan fingerprint density at radius 3 is 2.70 bits per heavy atom. The number of fused-ring (bicyclic) bond motifs is 1. The van der Waals surface area contributed by atoms with Gasteiger partial charge in [-0.05, 0) is 48.6 Å². The lowest BCUT2D eigenvalue weighted by Gasteiger charge is -2.22. The fourth-order valence-electron chi connectivity index (χ4n) is 3.72. The topological polar surface area (TPSA) is 9.23 Å². The molecule has 0 spiro atoms. The second kappa shape index (κ2) is 7.68. The van der Waals surface area contributed by atoms with Gasteiger partial charge in [0.15, 0.2) is 0 Å². The van der Waals surface area contributed by atoms with E-state index in [0.717, 1.165) is 5.75 Å². The van der Waals surface area contributed by atoms with Crippen molar-refractivity contribution < 1.29 is 4.74 Å². The van der Waals surface area contributed by atoms with E-state index in [9.17, 15) is 0 Å². The molecule has 0 heterocycles. The highest BCUT2D eigenvalue weighted by Crippen LogP contribution is 2.41. The van der Waals surface area contributed by atoms with Crippen molar-refractivity contribution in [2.45, 2.75) is 58.5 Å². The molecule has 0 aliphatic heterocycles. The van der Waals surface area contributed by atoms with Crippen LogP contribution in [0.5, 0.6) is 5.75 Å². The van der Waals surface area contributed by atoms with Crippen LogP contribution in [0.3, 0.4) is 0 Å². The van der Waals surface area contributed by atoms with Crippen LogP contribution < -0.4 is 4.74 Å². The summed E-state index contributed by atoms with van der Waals surface area (Å²) < 4.78 is 6.45. The lowest BCUT2D eigenvalue weighted by Crippen LogP contribution is -2.14. The SMILES string of the molecule is CCCCCC[C@H]1Cc2ccccc2[C@@H]1Oc1cccc(C)c1. The predicted octanol–water partition coefficient (Wildman–Crippen LogP) is 6.26. The minimum Gasteiger partial charge on any atom is -0.485 e. The molecule has 0 saturated heterocycles. The van der Waals surface area contributed by atoms with E-state index in [2.05, 4.69) is 62.4 Å². The molecule has 0 aromatic heterocycles. The van der Waals surface area contributed by atoms with Crippen molar-refractivity contribution in [3.8, 4) is 5.75 Å². The van der Waals surface area contributed by atoms with E-state index in [-0.39, 0.29) is 6.10 Å². The largest absolute Gasteiger partial charge is 0.485 e. The van der Waals surface area contributed by atoms with Crippen molar-refractivity contribution in [2.75, 3.05) is 0 Å². The quantitative estimate of drug-likeness (QED) is 0.549. The zero-order valence-corrected chi connectivity index (χ0v) is 14.4. The normalized spacial score (nSPS) is 19.6. The van der Waals surface area contributed by atoms with Gasteiger partial charge in [0.25, 0.3) is 0 Å². The summed E-state index contributed by atoms with van der Waals surface area (Å²) in [7, 11) is 0. The van der Waals surface area contributed by atoms with Crippen molar-refractivity contribution in [1.29, 1.82) is 0 Å². The molecule has 0 saturated carbocycles. The molecule has 1 aliphatic carbocycles. The first-order valence-corrected chi connectivity index (χ1v) is 9.09. The predicted molar refractivity (Wildman–Crippen MR) is 96.9 cm³/mol. The van der Waals surface area contributed by atoms with Gasteiger partial charge in [-0.1, -0.05) is 69.0 Å². The molecule has 2 aromatic rings. The number of rotatable bonds is 7. The number of aryl methyl sites for hydroxylation is 1. The minimum absolute atomic E-state index is 0.217. The molecule has 0 radical (unpaired) electrons. The first-order valence-electron chi connectivity index (χ1n) is 9.09. The molecule has 1 nitrogen and oxygen atoms in total. The van der Waals surface area contributed by atoms with Gasteiger partial charge in [0.1, 0.15) is 11.9 Å². The Morgan fingerprint density at radius 2 is 1.87 bits per heavy atom. The summed E-state index contributed by atoms with van der Waals surface area (Å²) in [6.07, 6.45) is 7.97. The molecule has 1 aliphatic rings. The molecule has 1 heteroatoms. The van der Waals surface area contributed by atoms with E-state index < -0.39 is 0 Å². The molecule has 122 valence electrons. The van der Waals surface area contributed by atoms with Gasteiger partial charge < -0.3 is 4.74 Å². The number of benzene rings is 2. The summed E-state index contributed by atoms with van der Waals surface area (Å²) in [4.78, 5) is 0. The van der Waals surface area contributed by atoms with Crippen LogP contribution in [0.15, 0.2) is 48.5 Å². The molecule has 0 N–H and O–H groups in total. The van der Waals surface area contributed by atoms with Crippen molar-refractivity contribution >= 4 is 0 Å². The monoisotopic (exact) mass is 308 g/mol. The Kier molecular flexibility index (Phi) is 5.38. The van der Waals surface area contributed by atoms with E-state index in [1.165, 1.54) is 55.2 Å². The molecule has 23 heavy (non-hydrogen) atoms. The molecule has 0 fully saturated rings. The van der Waals surface area contributed by atoms with Crippen LogP contribution in [0, 0.1) is 12.8 Å². The summed E-state index contributed by atoms with van der Waals surface area (Å²) in [5.74, 6) is 1.62. The summed E-state index contributed by atoms with van der Waals surface area (Å²) in [5, 5.41) is 0. The van der Waals surface area contributed by atoms with Gasteiger partial charge >= 0.3 is 0 Å². The van der Waals surface area contributed by atoms with Crippen molar-refractivity contribution in [1.82, 2.24) is 0 Å². The maximum absolute atomic E-state index is 6.45. The minimum atomic E-state index is 0.217. The van der Waals surface area contributed by atoms with Crippen LogP contribution in [-0.2, 0) is 6.42 Å². The maximum atomic E-state index is 6.45.